The molecule has 0 fully saturated rings. The summed E-state index contributed by atoms with van der Waals surface area (Å²) >= 11 is 0. The minimum absolute atomic E-state index is 0.173. The number of rotatable bonds is 55. The van der Waals surface area contributed by atoms with E-state index in [-0.39, 0.29) is 32.7 Å². The normalized spacial score (nSPS) is 13.6. The molecule has 2 unspecified atom stereocenters. The van der Waals surface area contributed by atoms with Crippen LogP contribution in [0.15, 0.2) is 122 Å². The van der Waals surface area contributed by atoms with Gasteiger partial charge in [-0.1, -0.05) is 251 Å². The van der Waals surface area contributed by atoms with Crippen LogP contribution in [0.2, 0.25) is 0 Å². The first-order valence-electron chi connectivity index (χ1n) is 30.7. The van der Waals surface area contributed by atoms with E-state index in [0.29, 0.717) is 23.9 Å². The van der Waals surface area contributed by atoms with Gasteiger partial charge in [0.25, 0.3) is 6.29 Å². The van der Waals surface area contributed by atoms with Gasteiger partial charge in [-0.25, -0.2) is 4.79 Å². The molecule has 0 aliphatic heterocycles. The Hall–Kier alpha value is -4.31. The SMILES string of the molecule is CC/C=C\C/C=C\C/C=C\C/C=C\C/C=C\C/C=C\CCCCCCCCCCCCCCCCCCCCCCC(=O)OC(COC(=O)CC/C=C\C/C=C\C/C=C\C/C=C\CC)COC(OCC[N+](C)(C)C)C(=O)O. The lowest BCUT2D eigenvalue weighted by Gasteiger charge is -2.25. The van der Waals surface area contributed by atoms with Crippen molar-refractivity contribution in [2.24, 2.45) is 0 Å². The lowest BCUT2D eigenvalue weighted by molar-refractivity contribution is -0.870. The molecule has 9 nitrogen and oxygen atoms in total. The molecule has 0 saturated carbocycles. The number of carboxylic acids is 1. The maximum Gasteiger partial charge on any atom is 0.361 e. The van der Waals surface area contributed by atoms with E-state index in [1.165, 1.54) is 109 Å². The summed E-state index contributed by atoms with van der Waals surface area (Å²) in [5.74, 6) is -2.12. The van der Waals surface area contributed by atoms with E-state index in [9.17, 15) is 19.5 Å². The third kappa shape index (κ3) is 59.2. The number of nitrogens with zero attached hydrogens (tertiary/aromatic N) is 1. The summed E-state index contributed by atoms with van der Waals surface area (Å²) in [7, 11) is 5.94. The van der Waals surface area contributed by atoms with Crippen LogP contribution in [0, 0.1) is 0 Å². The molecule has 77 heavy (non-hydrogen) atoms. The summed E-state index contributed by atoms with van der Waals surface area (Å²) in [6.07, 6.45) is 79.1. The molecule has 0 amide bonds. The van der Waals surface area contributed by atoms with Gasteiger partial charge in [-0.15, -0.1) is 0 Å². The van der Waals surface area contributed by atoms with Crippen molar-refractivity contribution in [1.29, 1.82) is 0 Å². The summed E-state index contributed by atoms with van der Waals surface area (Å²) in [5.41, 5.74) is 0. The number of hydrogen-bond acceptors (Lipinski definition) is 7. The maximum absolute atomic E-state index is 12.9. The molecular weight excluding hydrogens is 959 g/mol. The first-order valence-corrected chi connectivity index (χ1v) is 30.7. The minimum atomic E-state index is -1.53. The highest BCUT2D eigenvalue weighted by atomic mass is 16.7. The molecule has 438 valence electrons. The summed E-state index contributed by atoms with van der Waals surface area (Å²) in [6.45, 7) is 4.55. The predicted octanol–water partition coefficient (Wildman–Crippen LogP) is 18.5. The minimum Gasteiger partial charge on any atom is -0.477 e. The van der Waals surface area contributed by atoms with Crippen LogP contribution in [-0.2, 0) is 33.3 Å². The van der Waals surface area contributed by atoms with Crippen molar-refractivity contribution >= 4 is 17.9 Å². The Balaban J connectivity index is 4.04. The Morgan fingerprint density at radius 3 is 1.09 bits per heavy atom. The van der Waals surface area contributed by atoms with E-state index in [1.54, 1.807) is 0 Å². The summed E-state index contributed by atoms with van der Waals surface area (Å²) in [6, 6.07) is 0. The van der Waals surface area contributed by atoms with Gasteiger partial charge in [-0.2, -0.15) is 0 Å². The van der Waals surface area contributed by atoms with E-state index in [2.05, 4.69) is 123 Å². The number of ether oxygens (including phenoxy) is 4. The number of hydrogen-bond donors (Lipinski definition) is 1. The molecule has 0 aromatic heterocycles. The van der Waals surface area contributed by atoms with Crippen molar-refractivity contribution < 1.29 is 42.9 Å². The molecule has 0 saturated heterocycles. The molecule has 0 aliphatic carbocycles. The molecule has 0 bridgehead atoms. The molecule has 1 N–H and O–H groups in total. The largest absolute Gasteiger partial charge is 0.477 e. The molecule has 0 radical (unpaired) electrons. The van der Waals surface area contributed by atoms with Gasteiger partial charge in [0.05, 0.1) is 34.4 Å². The van der Waals surface area contributed by atoms with Gasteiger partial charge in [0.2, 0.25) is 0 Å². The first kappa shape index (κ1) is 72.7. The number of carboxylic acid groups (broad SMARTS) is 1. The van der Waals surface area contributed by atoms with Crippen LogP contribution in [0.1, 0.15) is 232 Å². The van der Waals surface area contributed by atoms with Gasteiger partial charge >= 0.3 is 17.9 Å². The van der Waals surface area contributed by atoms with Crippen LogP contribution < -0.4 is 0 Å². The third-order valence-corrected chi connectivity index (χ3v) is 12.7. The van der Waals surface area contributed by atoms with Crippen LogP contribution in [0.25, 0.3) is 0 Å². The molecule has 0 spiro atoms. The highest BCUT2D eigenvalue weighted by Gasteiger charge is 2.25. The first-order chi connectivity index (χ1) is 37.6. The Morgan fingerprint density at radius 2 is 0.727 bits per heavy atom. The topological polar surface area (TPSA) is 108 Å². The molecule has 0 rings (SSSR count). The zero-order valence-corrected chi connectivity index (χ0v) is 49.8. The second kappa shape index (κ2) is 57.9. The molecular formula is C68H114NO8+. The number of aliphatic carboxylic acids is 1. The fourth-order valence-corrected chi connectivity index (χ4v) is 8.09. The second-order valence-corrected chi connectivity index (χ2v) is 21.2. The highest BCUT2D eigenvalue weighted by Crippen LogP contribution is 2.16. The zero-order valence-electron chi connectivity index (χ0n) is 49.8. The highest BCUT2D eigenvalue weighted by molar-refractivity contribution is 5.71. The quantitative estimate of drug-likeness (QED) is 0.0211. The smallest absolute Gasteiger partial charge is 0.361 e. The van der Waals surface area contributed by atoms with E-state index in [4.69, 9.17) is 18.9 Å². The Morgan fingerprint density at radius 1 is 0.390 bits per heavy atom. The summed E-state index contributed by atoms with van der Waals surface area (Å²) in [4.78, 5) is 37.3. The van der Waals surface area contributed by atoms with Crippen molar-refractivity contribution in [1.82, 2.24) is 0 Å². The van der Waals surface area contributed by atoms with E-state index in [1.807, 2.05) is 33.3 Å². The average molecular weight is 1070 g/mol. The van der Waals surface area contributed by atoms with Gasteiger partial charge in [0.15, 0.2) is 6.10 Å². The molecule has 0 aromatic carbocycles. The van der Waals surface area contributed by atoms with Crippen molar-refractivity contribution in [2.45, 2.75) is 245 Å². The summed E-state index contributed by atoms with van der Waals surface area (Å²) < 4.78 is 22.7. The molecule has 9 heteroatoms. The third-order valence-electron chi connectivity index (χ3n) is 12.7. The van der Waals surface area contributed by atoms with Gasteiger partial charge < -0.3 is 28.5 Å². The number of allylic oxidation sites excluding steroid dienone is 20. The van der Waals surface area contributed by atoms with Crippen molar-refractivity contribution in [3.05, 3.63) is 122 Å². The van der Waals surface area contributed by atoms with Crippen molar-refractivity contribution in [3.8, 4) is 0 Å². The zero-order chi connectivity index (χ0) is 56.2. The van der Waals surface area contributed by atoms with Crippen LogP contribution in [0.4, 0.5) is 0 Å². The fraction of sp³-hybridized carbons (Fsp3) is 0.662. The van der Waals surface area contributed by atoms with Crippen LogP contribution in [-0.4, -0.2) is 87.4 Å². The Kier molecular flexibility index (Phi) is 54.6. The fourth-order valence-electron chi connectivity index (χ4n) is 8.09. The second-order valence-electron chi connectivity index (χ2n) is 21.2. The van der Waals surface area contributed by atoms with Gasteiger partial charge in [0.1, 0.15) is 13.2 Å². The van der Waals surface area contributed by atoms with Gasteiger partial charge in [-0.05, 0) is 89.9 Å². The Labute approximate surface area is 472 Å². The maximum atomic E-state index is 12.9. The molecule has 0 heterocycles. The summed E-state index contributed by atoms with van der Waals surface area (Å²) in [5, 5.41) is 9.68. The van der Waals surface area contributed by atoms with E-state index >= 15 is 0 Å². The lowest BCUT2D eigenvalue weighted by Crippen LogP contribution is -2.40. The number of unbranched alkanes of at least 4 members (excludes halogenated alkanes) is 20. The van der Waals surface area contributed by atoms with E-state index < -0.39 is 30.3 Å². The number of likely N-dealkylation sites (N-methyl/N-ethyl adjacent to an activating group) is 1. The Bertz CT molecular complexity index is 1670. The van der Waals surface area contributed by atoms with Crippen LogP contribution >= 0.6 is 0 Å². The monoisotopic (exact) mass is 1070 g/mol. The number of carbonyl (C=O) groups excluding carboxylic acids is 2. The van der Waals surface area contributed by atoms with Crippen LogP contribution in [0.5, 0.6) is 0 Å². The number of esters is 2. The molecule has 2 atom stereocenters. The van der Waals surface area contributed by atoms with E-state index in [0.717, 1.165) is 83.5 Å². The lowest BCUT2D eigenvalue weighted by atomic mass is 10.0. The average Bonchev–Trinajstić information content (AvgIpc) is 3.40. The number of carbonyl (C=O) groups is 3. The van der Waals surface area contributed by atoms with Crippen molar-refractivity contribution in [3.63, 3.8) is 0 Å². The standard InChI is InChI=1S/C68H113NO8/c1-6-8-10-12-14-16-18-20-21-22-23-24-25-26-27-28-29-30-31-32-33-34-35-36-37-38-39-40-41-42-43-44-45-47-49-51-53-55-57-59-66(71)77-64(63-76-68(67(72)73)74-61-60-69(3,4)5)62-75-65(70)58-56-54-52-50-48-46-19-17-15-13-11-9-7-2/h8-11,14-17,20-21,23-24,26-27,29-30,46,48,52,54,64,68H,6-7,12-13,18-19,22,25,28,31-45,47,49-51,53,55-63H2,1-5H3/p+1/b10-8-,11-9-,16-14-,17-15-,21-20-,24-23-,27-26-,30-29-,48-46-,54-52-. The molecule has 0 aliphatic rings. The van der Waals surface area contributed by atoms with Gasteiger partial charge in [-0.3, -0.25) is 9.59 Å². The van der Waals surface area contributed by atoms with Gasteiger partial charge in [0, 0.05) is 12.8 Å². The predicted molar refractivity (Wildman–Crippen MR) is 327 cm³/mol. The van der Waals surface area contributed by atoms with Crippen molar-refractivity contribution in [2.75, 3.05) is 47.5 Å². The van der Waals surface area contributed by atoms with Crippen LogP contribution in [0.3, 0.4) is 0 Å². The number of quaternary nitrogens is 1. The molecule has 0 aromatic rings.